The Balaban J connectivity index is 2.17. The van der Waals surface area contributed by atoms with Crippen molar-refractivity contribution in [2.75, 3.05) is 0 Å². The highest BCUT2D eigenvalue weighted by atomic mass is 16.5. The number of aromatic nitrogens is 1. The van der Waals surface area contributed by atoms with Gasteiger partial charge in [-0.15, -0.1) is 0 Å². The Morgan fingerprint density at radius 1 is 1.57 bits per heavy atom. The third-order valence-corrected chi connectivity index (χ3v) is 1.93. The quantitative estimate of drug-likeness (QED) is 0.723. The summed E-state index contributed by atoms with van der Waals surface area (Å²) < 4.78 is 4.44. The Morgan fingerprint density at radius 2 is 2.29 bits per heavy atom. The average molecular weight is 196 g/mol. The number of nitrogens with one attached hydrogen (secondary N) is 1. The van der Waals surface area contributed by atoms with Crippen molar-refractivity contribution in [2.45, 2.75) is 18.9 Å². The van der Waals surface area contributed by atoms with Crippen LogP contribution in [0, 0.1) is 0 Å². The van der Waals surface area contributed by atoms with Crippen molar-refractivity contribution in [2.24, 2.45) is 0 Å². The van der Waals surface area contributed by atoms with Crippen LogP contribution in [0.4, 0.5) is 0 Å². The number of hydrogen-bond donors (Lipinski definition) is 2. The third-order valence-electron chi connectivity index (χ3n) is 1.93. The summed E-state index contributed by atoms with van der Waals surface area (Å²) in [7, 11) is 0. The highest BCUT2D eigenvalue weighted by molar-refractivity contribution is 6.03. The molecular formula is C8H8N2O4. The number of carbonyl (C=O) groups excluding carboxylic acids is 1. The molecule has 0 saturated heterocycles. The highest BCUT2D eigenvalue weighted by Crippen LogP contribution is 2.19. The predicted octanol–water partition coefficient (Wildman–Crippen LogP) is 0.265. The smallest absolute Gasteiger partial charge is 0.341 e. The number of carboxylic acids is 1. The Bertz CT molecular complexity index is 380. The Morgan fingerprint density at radius 3 is 2.86 bits per heavy atom. The molecule has 0 aromatic carbocycles. The number of carboxylic acid groups (broad SMARTS) is 1. The van der Waals surface area contributed by atoms with E-state index in [4.69, 9.17) is 5.11 Å². The van der Waals surface area contributed by atoms with Gasteiger partial charge in [-0.05, 0) is 12.8 Å². The molecule has 74 valence electrons. The molecule has 0 atom stereocenters. The molecule has 0 aliphatic heterocycles. The second kappa shape index (κ2) is 3.13. The first-order valence-corrected chi connectivity index (χ1v) is 4.17. The van der Waals surface area contributed by atoms with Crippen LogP contribution in [0.2, 0.25) is 0 Å². The minimum atomic E-state index is -1.22. The van der Waals surface area contributed by atoms with Gasteiger partial charge < -0.3 is 14.9 Å². The first-order valence-electron chi connectivity index (χ1n) is 4.17. The second-order valence-corrected chi connectivity index (χ2v) is 3.13. The number of nitrogens with zero attached hydrogens (tertiary/aromatic N) is 1. The average Bonchev–Trinajstić information content (AvgIpc) is 2.81. The molecule has 1 heterocycles. The van der Waals surface area contributed by atoms with Crippen molar-refractivity contribution in [1.82, 2.24) is 10.5 Å². The van der Waals surface area contributed by atoms with Gasteiger partial charge in [0.1, 0.15) is 11.8 Å². The fraction of sp³-hybridized carbons (Fsp3) is 0.375. The molecule has 2 rings (SSSR count). The lowest BCUT2D eigenvalue weighted by atomic mass is 10.2. The highest BCUT2D eigenvalue weighted by Gasteiger charge is 2.28. The molecule has 0 spiro atoms. The minimum absolute atomic E-state index is 0.163. The summed E-state index contributed by atoms with van der Waals surface area (Å²) in [4.78, 5) is 22.0. The standard InChI is InChI=1S/C8H8N2O4/c11-7(9-4-1-2-4)6-5(8(12)13)3-14-10-6/h3-4H,1-2H2,(H,9,11)(H,12,13). The summed E-state index contributed by atoms with van der Waals surface area (Å²) >= 11 is 0. The molecule has 1 aliphatic carbocycles. The molecule has 6 heteroatoms. The van der Waals surface area contributed by atoms with Crippen molar-refractivity contribution in [3.8, 4) is 0 Å². The molecule has 1 amide bonds. The fourth-order valence-corrected chi connectivity index (χ4v) is 1.03. The SMILES string of the molecule is O=C(O)c1conc1C(=O)NC1CC1. The topological polar surface area (TPSA) is 92.4 Å². The Kier molecular flexibility index (Phi) is 1.95. The van der Waals surface area contributed by atoms with E-state index in [0.29, 0.717) is 0 Å². The molecule has 0 unspecified atom stereocenters. The van der Waals surface area contributed by atoms with Crippen molar-refractivity contribution in [1.29, 1.82) is 0 Å². The van der Waals surface area contributed by atoms with E-state index >= 15 is 0 Å². The van der Waals surface area contributed by atoms with Gasteiger partial charge in [-0.25, -0.2) is 4.79 Å². The lowest BCUT2D eigenvalue weighted by molar-refractivity contribution is 0.0690. The number of aromatic carboxylic acids is 1. The monoisotopic (exact) mass is 196 g/mol. The maximum Gasteiger partial charge on any atom is 0.341 e. The van der Waals surface area contributed by atoms with E-state index < -0.39 is 11.9 Å². The third kappa shape index (κ3) is 1.59. The van der Waals surface area contributed by atoms with Gasteiger partial charge in [0.25, 0.3) is 5.91 Å². The zero-order valence-electron chi connectivity index (χ0n) is 7.19. The van der Waals surface area contributed by atoms with Gasteiger partial charge in [-0.2, -0.15) is 0 Å². The number of carbonyl (C=O) groups is 2. The van der Waals surface area contributed by atoms with E-state index in [1.807, 2.05) is 0 Å². The van der Waals surface area contributed by atoms with Crippen LogP contribution < -0.4 is 5.32 Å². The molecule has 1 aromatic heterocycles. The molecule has 1 aromatic rings. The van der Waals surface area contributed by atoms with Crippen molar-refractivity contribution < 1.29 is 19.2 Å². The van der Waals surface area contributed by atoms with Crippen LogP contribution in [0.3, 0.4) is 0 Å². The molecule has 1 fully saturated rings. The van der Waals surface area contributed by atoms with Crippen molar-refractivity contribution in [3.05, 3.63) is 17.5 Å². The molecule has 1 aliphatic rings. The lowest BCUT2D eigenvalue weighted by Crippen LogP contribution is -2.27. The Hall–Kier alpha value is -1.85. The van der Waals surface area contributed by atoms with E-state index in [9.17, 15) is 9.59 Å². The van der Waals surface area contributed by atoms with E-state index in [-0.39, 0.29) is 17.3 Å². The van der Waals surface area contributed by atoms with Gasteiger partial charge in [0, 0.05) is 6.04 Å². The van der Waals surface area contributed by atoms with Gasteiger partial charge in [-0.3, -0.25) is 4.79 Å². The number of hydrogen-bond acceptors (Lipinski definition) is 4. The van der Waals surface area contributed by atoms with Gasteiger partial charge in [0.2, 0.25) is 0 Å². The summed E-state index contributed by atoms with van der Waals surface area (Å²) in [6.07, 6.45) is 2.82. The van der Waals surface area contributed by atoms with Gasteiger partial charge in [0.05, 0.1) is 0 Å². The predicted molar refractivity (Wildman–Crippen MR) is 44.0 cm³/mol. The molecule has 0 radical (unpaired) electrons. The summed E-state index contributed by atoms with van der Waals surface area (Å²) in [5.41, 5.74) is -0.368. The largest absolute Gasteiger partial charge is 0.477 e. The van der Waals surface area contributed by atoms with E-state index in [1.165, 1.54) is 0 Å². The Labute approximate surface area is 78.9 Å². The molecular weight excluding hydrogens is 188 g/mol. The van der Waals surface area contributed by atoms with Crippen LogP contribution in [0.5, 0.6) is 0 Å². The van der Waals surface area contributed by atoms with Crippen LogP contribution in [0.25, 0.3) is 0 Å². The summed E-state index contributed by atoms with van der Waals surface area (Å²) in [5.74, 6) is -1.70. The molecule has 2 N–H and O–H groups in total. The van der Waals surface area contributed by atoms with Crippen LogP contribution >= 0.6 is 0 Å². The molecule has 1 saturated carbocycles. The maximum absolute atomic E-state index is 11.4. The van der Waals surface area contributed by atoms with Gasteiger partial charge in [0.15, 0.2) is 5.69 Å². The lowest BCUT2D eigenvalue weighted by Gasteiger charge is -1.98. The normalized spacial score (nSPS) is 15.1. The van der Waals surface area contributed by atoms with Crippen LogP contribution in [-0.4, -0.2) is 28.2 Å². The fourth-order valence-electron chi connectivity index (χ4n) is 1.03. The maximum atomic E-state index is 11.4. The van der Waals surface area contributed by atoms with E-state index in [1.54, 1.807) is 0 Å². The number of amides is 1. The van der Waals surface area contributed by atoms with E-state index in [2.05, 4.69) is 15.0 Å². The molecule has 0 bridgehead atoms. The minimum Gasteiger partial charge on any atom is -0.477 e. The second-order valence-electron chi connectivity index (χ2n) is 3.13. The van der Waals surface area contributed by atoms with Crippen LogP contribution in [-0.2, 0) is 0 Å². The number of rotatable bonds is 3. The van der Waals surface area contributed by atoms with Crippen molar-refractivity contribution >= 4 is 11.9 Å². The zero-order chi connectivity index (χ0) is 10.1. The van der Waals surface area contributed by atoms with Crippen molar-refractivity contribution in [3.63, 3.8) is 0 Å². The molecule has 14 heavy (non-hydrogen) atoms. The van der Waals surface area contributed by atoms with Gasteiger partial charge in [-0.1, -0.05) is 5.16 Å². The van der Waals surface area contributed by atoms with Gasteiger partial charge >= 0.3 is 5.97 Å². The summed E-state index contributed by atoms with van der Waals surface area (Å²) in [6.45, 7) is 0. The van der Waals surface area contributed by atoms with Crippen LogP contribution in [0.1, 0.15) is 33.7 Å². The summed E-state index contributed by atoms with van der Waals surface area (Å²) in [5, 5.41) is 14.7. The van der Waals surface area contributed by atoms with Crippen LogP contribution in [0.15, 0.2) is 10.8 Å². The first-order chi connectivity index (χ1) is 6.68. The first kappa shape index (κ1) is 8.74. The summed E-state index contributed by atoms with van der Waals surface area (Å²) in [6, 6.07) is 0.167. The molecule has 6 nitrogen and oxygen atoms in total. The zero-order valence-corrected chi connectivity index (χ0v) is 7.19. The van der Waals surface area contributed by atoms with E-state index in [0.717, 1.165) is 19.1 Å².